The molecule has 1 aromatic heterocycles. The molecule has 1 amide bonds. The third kappa shape index (κ3) is 5.52. The number of carbonyl (C=O) groups is 1. The molecule has 0 spiro atoms. The van der Waals surface area contributed by atoms with Gasteiger partial charge in [-0.1, -0.05) is 0 Å². The van der Waals surface area contributed by atoms with Gasteiger partial charge in [-0.05, 0) is 57.7 Å². The van der Waals surface area contributed by atoms with Crippen molar-refractivity contribution in [3.05, 3.63) is 30.1 Å². The predicted molar refractivity (Wildman–Crippen MR) is 91.0 cm³/mol. The summed E-state index contributed by atoms with van der Waals surface area (Å²) < 4.78 is 5.54. The minimum Gasteiger partial charge on any atom is -0.444 e. The van der Waals surface area contributed by atoms with Crippen LogP contribution < -0.4 is 0 Å². The number of pyridine rings is 1. The van der Waals surface area contributed by atoms with Gasteiger partial charge in [-0.2, -0.15) is 11.8 Å². The van der Waals surface area contributed by atoms with Crippen LogP contribution in [-0.2, 0) is 10.5 Å². The largest absolute Gasteiger partial charge is 0.444 e. The first-order valence-corrected chi connectivity index (χ1v) is 9.07. The average molecular weight is 322 g/mol. The van der Waals surface area contributed by atoms with Gasteiger partial charge in [-0.25, -0.2) is 4.79 Å². The number of thioether (sulfide) groups is 1. The van der Waals surface area contributed by atoms with Crippen molar-refractivity contribution >= 4 is 17.9 Å². The van der Waals surface area contributed by atoms with Gasteiger partial charge in [-0.15, -0.1) is 0 Å². The van der Waals surface area contributed by atoms with Gasteiger partial charge >= 0.3 is 6.09 Å². The van der Waals surface area contributed by atoms with E-state index < -0.39 is 5.60 Å². The summed E-state index contributed by atoms with van der Waals surface area (Å²) in [6.45, 7) is 6.57. The summed E-state index contributed by atoms with van der Waals surface area (Å²) in [7, 11) is 0. The smallest absolute Gasteiger partial charge is 0.410 e. The van der Waals surface area contributed by atoms with E-state index >= 15 is 0 Å². The first kappa shape index (κ1) is 17.1. The molecule has 1 aliphatic rings. The Balaban J connectivity index is 1.85. The van der Waals surface area contributed by atoms with Crippen LogP contribution in [0.15, 0.2) is 24.5 Å². The number of ether oxygens (including phenoxy) is 1. The number of hydrogen-bond acceptors (Lipinski definition) is 4. The Morgan fingerprint density at radius 1 is 1.36 bits per heavy atom. The van der Waals surface area contributed by atoms with Crippen molar-refractivity contribution in [1.29, 1.82) is 0 Å². The highest BCUT2D eigenvalue weighted by Crippen LogP contribution is 2.24. The molecule has 4 nitrogen and oxygen atoms in total. The van der Waals surface area contributed by atoms with Crippen LogP contribution in [0.3, 0.4) is 0 Å². The van der Waals surface area contributed by atoms with Crippen molar-refractivity contribution in [2.45, 2.75) is 57.4 Å². The van der Waals surface area contributed by atoms with Crippen LogP contribution in [-0.4, -0.2) is 39.9 Å². The summed E-state index contributed by atoms with van der Waals surface area (Å²) in [5.41, 5.74) is 0.850. The van der Waals surface area contributed by atoms with Crippen molar-refractivity contribution in [1.82, 2.24) is 9.88 Å². The average Bonchev–Trinajstić information content (AvgIpc) is 2.47. The quantitative estimate of drug-likeness (QED) is 0.837. The summed E-state index contributed by atoms with van der Waals surface area (Å²) >= 11 is 1.87. The Bertz CT molecular complexity index is 473. The maximum atomic E-state index is 12.3. The molecule has 0 N–H and O–H groups in total. The van der Waals surface area contributed by atoms with Gasteiger partial charge in [-0.3, -0.25) is 4.98 Å². The lowest BCUT2D eigenvalue weighted by Crippen LogP contribution is -2.47. The Morgan fingerprint density at radius 2 is 2.09 bits per heavy atom. The number of nitrogens with zero attached hydrogens (tertiary/aromatic N) is 2. The molecule has 0 radical (unpaired) electrons. The first-order valence-electron chi connectivity index (χ1n) is 7.92. The van der Waals surface area contributed by atoms with E-state index in [1.807, 2.05) is 62.0 Å². The third-order valence-electron chi connectivity index (χ3n) is 3.58. The minimum absolute atomic E-state index is 0.165. The van der Waals surface area contributed by atoms with Crippen molar-refractivity contribution < 1.29 is 9.53 Å². The summed E-state index contributed by atoms with van der Waals surface area (Å²) in [5, 5.41) is 0. The molecule has 5 heteroatoms. The van der Waals surface area contributed by atoms with E-state index in [2.05, 4.69) is 4.98 Å². The molecule has 0 unspecified atom stereocenters. The number of likely N-dealkylation sites (tertiary alicyclic amines) is 1. The Hall–Kier alpha value is -1.23. The zero-order valence-corrected chi connectivity index (χ0v) is 14.6. The van der Waals surface area contributed by atoms with E-state index in [4.69, 9.17) is 4.74 Å². The fourth-order valence-electron chi connectivity index (χ4n) is 2.53. The normalized spacial score (nSPS) is 19.0. The number of aromatic nitrogens is 1. The second-order valence-electron chi connectivity index (χ2n) is 6.69. The number of amides is 1. The van der Waals surface area contributed by atoms with Crippen LogP contribution in [0, 0.1) is 0 Å². The van der Waals surface area contributed by atoms with Crippen molar-refractivity contribution in [3.8, 4) is 0 Å². The highest BCUT2D eigenvalue weighted by molar-refractivity contribution is 7.98. The summed E-state index contributed by atoms with van der Waals surface area (Å²) in [6.07, 6.45) is 6.82. The van der Waals surface area contributed by atoms with Crippen molar-refractivity contribution in [2.24, 2.45) is 0 Å². The molecule has 0 aliphatic carbocycles. The SMILES string of the molecule is CC(C)(C)OC(=O)N1CCCC[C@@H]1CSCc1ccncc1. The molecule has 1 aromatic rings. The number of piperidine rings is 1. The van der Waals surface area contributed by atoms with Crippen LogP contribution in [0.4, 0.5) is 4.79 Å². The molecule has 1 aliphatic heterocycles. The Labute approximate surface area is 137 Å². The van der Waals surface area contributed by atoms with Crippen LogP contribution in [0.1, 0.15) is 45.6 Å². The molecular formula is C17H26N2O2S. The van der Waals surface area contributed by atoms with Gasteiger partial charge in [0.15, 0.2) is 0 Å². The molecule has 1 atom stereocenters. The molecule has 1 saturated heterocycles. The molecule has 2 heterocycles. The Morgan fingerprint density at radius 3 is 2.77 bits per heavy atom. The molecular weight excluding hydrogens is 296 g/mol. The zero-order valence-electron chi connectivity index (χ0n) is 13.7. The molecule has 22 heavy (non-hydrogen) atoms. The number of hydrogen-bond donors (Lipinski definition) is 0. The van der Waals surface area contributed by atoms with Gasteiger partial charge in [0.2, 0.25) is 0 Å². The predicted octanol–water partition coefficient (Wildman–Crippen LogP) is 4.10. The molecule has 1 fully saturated rings. The van der Waals surface area contributed by atoms with Crippen LogP contribution >= 0.6 is 11.8 Å². The highest BCUT2D eigenvalue weighted by atomic mass is 32.2. The van der Waals surface area contributed by atoms with Crippen LogP contribution in [0.2, 0.25) is 0 Å². The van der Waals surface area contributed by atoms with E-state index in [-0.39, 0.29) is 12.1 Å². The molecule has 2 rings (SSSR count). The van der Waals surface area contributed by atoms with E-state index in [9.17, 15) is 4.79 Å². The number of carbonyl (C=O) groups excluding carboxylic acids is 1. The van der Waals surface area contributed by atoms with Crippen molar-refractivity contribution in [2.75, 3.05) is 12.3 Å². The lowest BCUT2D eigenvalue weighted by Gasteiger charge is -2.36. The second kappa shape index (κ2) is 7.86. The van der Waals surface area contributed by atoms with E-state index in [0.29, 0.717) is 0 Å². The van der Waals surface area contributed by atoms with Crippen molar-refractivity contribution in [3.63, 3.8) is 0 Å². The lowest BCUT2D eigenvalue weighted by molar-refractivity contribution is 0.0126. The lowest BCUT2D eigenvalue weighted by atomic mass is 10.0. The standard InChI is InChI=1S/C17H26N2O2S/c1-17(2,3)21-16(20)19-11-5-4-6-15(19)13-22-12-14-7-9-18-10-8-14/h7-10,15H,4-6,11-13H2,1-3H3/t15-/m1/s1. The zero-order chi connectivity index (χ0) is 16.0. The van der Waals surface area contributed by atoms with Gasteiger partial charge in [0.1, 0.15) is 5.60 Å². The summed E-state index contributed by atoms with van der Waals surface area (Å²) in [5.74, 6) is 1.92. The van der Waals surface area contributed by atoms with E-state index in [1.54, 1.807) is 0 Å². The van der Waals surface area contributed by atoms with E-state index in [1.165, 1.54) is 12.0 Å². The fourth-order valence-corrected chi connectivity index (χ4v) is 3.69. The van der Waals surface area contributed by atoms with E-state index in [0.717, 1.165) is 30.9 Å². The number of rotatable bonds is 4. The molecule has 0 saturated carbocycles. The third-order valence-corrected chi connectivity index (χ3v) is 4.74. The maximum Gasteiger partial charge on any atom is 0.410 e. The fraction of sp³-hybridized carbons (Fsp3) is 0.647. The highest BCUT2D eigenvalue weighted by Gasteiger charge is 2.30. The van der Waals surface area contributed by atoms with Gasteiger partial charge < -0.3 is 9.64 Å². The first-order chi connectivity index (χ1) is 10.5. The topological polar surface area (TPSA) is 42.4 Å². The van der Waals surface area contributed by atoms with Crippen LogP contribution in [0.25, 0.3) is 0 Å². The Kier molecular flexibility index (Phi) is 6.12. The summed E-state index contributed by atoms with van der Waals surface area (Å²) in [6, 6.07) is 4.37. The maximum absolute atomic E-state index is 12.3. The summed E-state index contributed by atoms with van der Waals surface area (Å²) in [4.78, 5) is 18.3. The second-order valence-corrected chi connectivity index (χ2v) is 7.72. The van der Waals surface area contributed by atoms with Crippen LogP contribution in [0.5, 0.6) is 0 Å². The molecule has 122 valence electrons. The molecule has 0 bridgehead atoms. The monoisotopic (exact) mass is 322 g/mol. The van der Waals surface area contributed by atoms with Gasteiger partial charge in [0, 0.05) is 36.5 Å². The van der Waals surface area contributed by atoms with Gasteiger partial charge in [0.05, 0.1) is 0 Å². The van der Waals surface area contributed by atoms with Gasteiger partial charge in [0.25, 0.3) is 0 Å². The molecule has 0 aromatic carbocycles. The minimum atomic E-state index is -0.427.